The smallest absolute Gasteiger partial charge is 0.322 e. The second kappa shape index (κ2) is 9.92. The number of fused-ring (bicyclic) bond motifs is 2. The van der Waals surface area contributed by atoms with Crippen molar-refractivity contribution in [3.8, 4) is 11.5 Å². The Balaban J connectivity index is 1.39. The number of halogens is 1. The van der Waals surface area contributed by atoms with E-state index in [0.29, 0.717) is 59.6 Å². The van der Waals surface area contributed by atoms with Crippen molar-refractivity contribution in [2.24, 2.45) is 0 Å². The first kappa shape index (κ1) is 22.5. The Morgan fingerprint density at radius 2 is 1.88 bits per heavy atom. The summed E-state index contributed by atoms with van der Waals surface area (Å²) in [6, 6.07) is 12.1. The van der Waals surface area contributed by atoms with Crippen LogP contribution in [-0.4, -0.2) is 67.0 Å². The van der Waals surface area contributed by atoms with E-state index in [2.05, 4.69) is 15.2 Å². The molecule has 34 heavy (non-hydrogen) atoms. The van der Waals surface area contributed by atoms with Gasteiger partial charge in [-0.2, -0.15) is 0 Å². The lowest BCUT2D eigenvalue weighted by Gasteiger charge is -2.30. The Labute approximate surface area is 201 Å². The fourth-order valence-corrected chi connectivity index (χ4v) is 4.24. The highest BCUT2D eigenvalue weighted by Crippen LogP contribution is 2.35. The highest BCUT2D eigenvalue weighted by atomic mass is 35.5. The quantitative estimate of drug-likeness (QED) is 0.557. The van der Waals surface area contributed by atoms with E-state index in [1.165, 1.54) is 0 Å². The molecule has 9 nitrogen and oxygen atoms in total. The number of pyridine rings is 1. The minimum absolute atomic E-state index is 0.139. The topological polar surface area (TPSA) is 96.1 Å². The van der Waals surface area contributed by atoms with E-state index < -0.39 is 0 Å². The van der Waals surface area contributed by atoms with Gasteiger partial charge in [0.1, 0.15) is 0 Å². The van der Waals surface area contributed by atoms with Crippen LogP contribution in [0.15, 0.2) is 47.3 Å². The summed E-state index contributed by atoms with van der Waals surface area (Å²) in [5, 5.41) is 4.12. The molecular weight excluding hydrogens is 460 g/mol. The lowest BCUT2D eigenvalue weighted by Crippen LogP contribution is -2.44. The van der Waals surface area contributed by atoms with E-state index in [-0.39, 0.29) is 24.9 Å². The van der Waals surface area contributed by atoms with Crippen LogP contribution in [0.4, 0.5) is 10.5 Å². The van der Waals surface area contributed by atoms with Gasteiger partial charge in [0.25, 0.3) is 5.56 Å². The van der Waals surface area contributed by atoms with Crippen LogP contribution in [0.2, 0.25) is 5.02 Å². The van der Waals surface area contributed by atoms with E-state index >= 15 is 0 Å². The predicted molar refractivity (Wildman–Crippen MR) is 129 cm³/mol. The number of carbonyl (C=O) groups is 1. The molecule has 2 amide bonds. The number of H-pyrrole nitrogens is 1. The van der Waals surface area contributed by atoms with Gasteiger partial charge in [-0.1, -0.05) is 23.7 Å². The van der Waals surface area contributed by atoms with Crippen LogP contribution in [-0.2, 0) is 11.3 Å². The zero-order chi connectivity index (χ0) is 23.5. The SMILES string of the molecule is O=C(Nc1ccccc1Cl)N(CCN1CCOCC1)Cc1cc2cc3c(cc2[nH]c1=O)OCO3. The summed E-state index contributed by atoms with van der Waals surface area (Å²) in [4.78, 5) is 32.9. The summed E-state index contributed by atoms with van der Waals surface area (Å²) in [5.74, 6) is 1.23. The number of morpholine rings is 1. The molecule has 1 saturated heterocycles. The maximum atomic E-state index is 13.2. The number of amides is 2. The number of hydrogen-bond donors (Lipinski definition) is 2. The van der Waals surface area contributed by atoms with Crippen LogP contribution >= 0.6 is 11.6 Å². The zero-order valence-electron chi connectivity index (χ0n) is 18.5. The number of urea groups is 1. The molecule has 5 rings (SSSR count). The van der Waals surface area contributed by atoms with Crippen LogP contribution in [0.25, 0.3) is 10.9 Å². The number of benzene rings is 2. The maximum absolute atomic E-state index is 13.2. The lowest BCUT2D eigenvalue weighted by atomic mass is 10.1. The van der Waals surface area contributed by atoms with Gasteiger partial charge in [-0.25, -0.2) is 4.79 Å². The molecule has 0 atom stereocenters. The molecule has 1 fully saturated rings. The average Bonchev–Trinajstić information content (AvgIpc) is 3.30. The Hall–Kier alpha value is -3.27. The number of ether oxygens (including phenoxy) is 3. The molecular formula is C24H25ClN4O5. The normalized spacial score (nSPS) is 15.4. The Morgan fingerprint density at radius 3 is 2.68 bits per heavy atom. The van der Waals surface area contributed by atoms with Gasteiger partial charge in [-0.15, -0.1) is 0 Å². The number of anilines is 1. The molecule has 0 aliphatic carbocycles. The molecule has 178 valence electrons. The van der Waals surface area contributed by atoms with Gasteiger partial charge in [-0.05, 0) is 24.3 Å². The molecule has 2 aliphatic heterocycles. The molecule has 0 unspecified atom stereocenters. The third kappa shape index (κ3) is 4.96. The number of para-hydroxylation sites is 1. The largest absolute Gasteiger partial charge is 0.454 e. The molecule has 0 radical (unpaired) electrons. The van der Waals surface area contributed by atoms with Crippen LogP contribution in [0.1, 0.15) is 5.56 Å². The number of nitrogens with zero attached hydrogens (tertiary/aromatic N) is 2. The van der Waals surface area contributed by atoms with Gasteiger partial charge in [-0.3, -0.25) is 9.69 Å². The van der Waals surface area contributed by atoms with Crippen molar-refractivity contribution < 1.29 is 19.0 Å². The van der Waals surface area contributed by atoms with Crippen molar-refractivity contribution >= 4 is 34.2 Å². The van der Waals surface area contributed by atoms with Crippen molar-refractivity contribution in [2.45, 2.75) is 6.54 Å². The molecule has 2 aromatic carbocycles. The van der Waals surface area contributed by atoms with E-state index in [4.69, 9.17) is 25.8 Å². The molecule has 1 aromatic heterocycles. The molecule has 3 aromatic rings. The lowest BCUT2D eigenvalue weighted by molar-refractivity contribution is 0.0349. The minimum atomic E-state index is -0.327. The molecule has 0 spiro atoms. The first-order chi connectivity index (χ1) is 16.6. The fourth-order valence-electron chi connectivity index (χ4n) is 4.06. The van der Waals surface area contributed by atoms with Crippen molar-refractivity contribution in [1.82, 2.24) is 14.8 Å². The molecule has 2 N–H and O–H groups in total. The second-order valence-electron chi connectivity index (χ2n) is 8.20. The van der Waals surface area contributed by atoms with E-state index in [0.717, 1.165) is 18.5 Å². The fraction of sp³-hybridized carbons (Fsp3) is 0.333. The number of carbonyl (C=O) groups excluding carboxylic acids is 1. The third-order valence-corrected chi connectivity index (χ3v) is 6.30. The monoisotopic (exact) mass is 484 g/mol. The molecule has 3 heterocycles. The maximum Gasteiger partial charge on any atom is 0.322 e. The standard InChI is InChI=1S/C24H25ClN4O5/c25-18-3-1-2-4-19(18)27-24(31)29(6-5-28-7-9-32-10-8-28)14-17-11-16-12-21-22(34-15-33-21)13-20(16)26-23(17)30/h1-4,11-13H,5-10,14-15H2,(H,26,30)(H,27,31). The number of nitrogens with one attached hydrogen (secondary N) is 2. The van der Waals surface area contributed by atoms with Crippen molar-refractivity contribution in [3.05, 3.63) is 63.4 Å². The summed E-state index contributed by atoms with van der Waals surface area (Å²) in [5.41, 5.74) is 1.39. The van der Waals surface area contributed by atoms with E-state index in [1.54, 1.807) is 41.3 Å². The summed E-state index contributed by atoms with van der Waals surface area (Å²) in [6.07, 6.45) is 0. The number of aromatic amines is 1. The molecule has 2 aliphatic rings. The molecule has 0 saturated carbocycles. The van der Waals surface area contributed by atoms with E-state index in [9.17, 15) is 9.59 Å². The summed E-state index contributed by atoms with van der Waals surface area (Å²) in [6.45, 7) is 4.37. The number of hydrogen-bond acceptors (Lipinski definition) is 6. The first-order valence-corrected chi connectivity index (χ1v) is 11.5. The van der Waals surface area contributed by atoms with Crippen molar-refractivity contribution in [2.75, 3.05) is 51.5 Å². The van der Waals surface area contributed by atoms with Crippen LogP contribution in [0.3, 0.4) is 0 Å². The summed E-state index contributed by atoms with van der Waals surface area (Å²) >= 11 is 6.24. The Kier molecular flexibility index (Phi) is 6.57. The van der Waals surface area contributed by atoms with Gasteiger partial charge in [0.2, 0.25) is 6.79 Å². The first-order valence-electron chi connectivity index (χ1n) is 11.1. The summed E-state index contributed by atoms with van der Waals surface area (Å²) in [7, 11) is 0. The number of aromatic nitrogens is 1. The van der Waals surface area contributed by atoms with Crippen LogP contribution in [0, 0.1) is 0 Å². The van der Waals surface area contributed by atoms with Gasteiger partial charge in [0, 0.05) is 43.2 Å². The average molecular weight is 485 g/mol. The van der Waals surface area contributed by atoms with Gasteiger partial charge in [0.15, 0.2) is 11.5 Å². The van der Waals surface area contributed by atoms with E-state index in [1.807, 2.05) is 6.07 Å². The van der Waals surface area contributed by atoms with Gasteiger partial charge in [0.05, 0.1) is 36.0 Å². The zero-order valence-corrected chi connectivity index (χ0v) is 19.3. The van der Waals surface area contributed by atoms with Gasteiger partial charge < -0.3 is 29.4 Å². The van der Waals surface area contributed by atoms with Crippen LogP contribution in [0.5, 0.6) is 11.5 Å². The summed E-state index contributed by atoms with van der Waals surface area (Å²) < 4.78 is 16.3. The highest BCUT2D eigenvalue weighted by Gasteiger charge is 2.21. The number of rotatable bonds is 6. The third-order valence-electron chi connectivity index (χ3n) is 5.97. The Morgan fingerprint density at radius 1 is 1.12 bits per heavy atom. The minimum Gasteiger partial charge on any atom is -0.454 e. The molecule has 0 bridgehead atoms. The highest BCUT2D eigenvalue weighted by molar-refractivity contribution is 6.33. The second-order valence-corrected chi connectivity index (χ2v) is 8.61. The van der Waals surface area contributed by atoms with Crippen molar-refractivity contribution in [1.29, 1.82) is 0 Å². The Bertz CT molecular complexity index is 1260. The predicted octanol–water partition coefficient (Wildman–Crippen LogP) is 3.28. The van der Waals surface area contributed by atoms with Gasteiger partial charge >= 0.3 is 6.03 Å². The molecule has 10 heteroatoms. The van der Waals surface area contributed by atoms with Crippen molar-refractivity contribution in [3.63, 3.8) is 0 Å². The van der Waals surface area contributed by atoms with Crippen LogP contribution < -0.4 is 20.3 Å².